The largest absolute Gasteiger partial charge is 0.484 e. The zero-order valence-electron chi connectivity index (χ0n) is 41.8. The topological polar surface area (TPSA) is 186 Å². The lowest BCUT2D eigenvalue weighted by atomic mass is 9.68. The molecular weight excluding hydrogens is 955 g/mol. The number of benzene rings is 3. The van der Waals surface area contributed by atoms with Crippen molar-refractivity contribution in [3.8, 4) is 0 Å². The first-order valence-electron chi connectivity index (χ1n) is 25.8. The van der Waals surface area contributed by atoms with Crippen LogP contribution in [0.1, 0.15) is 190 Å². The highest BCUT2D eigenvalue weighted by atomic mass is 35.5. The predicted octanol–water partition coefficient (Wildman–Crippen LogP) is 13.0. The van der Waals surface area contributed by atoms with Gasteiger partial charge < -0.3 is 14.0 Å². The Morgan fingerprint density at radius 3 is 1.51 bits per heavy atom. The van der Waals surface area contributed by atoms with Gasteiger partial charge in [0, 0.05) is 41.0 Å². The van der Waals surface area contributed by atoms with E-state index in [9.17, 15) is 9.59 Å². The number of aliphatic imine (C=N–C) groups is 1. The van der Waals surface area contributed by atoms with Crippen molar-refractivity contribution in [1.29, 1.82) is 0 Å². The highest BCUT2D eigenvalue weighted by molar-refractivity contribution is 6.31. The number of hydrogen-bond donors (Lipinski definition) is 4. The molecule has 0 bridgehead atoms. The van der Waals surface area contributed by atoms with Crippen LogP contribution in [0, 0.1) is 0 Å². The first-order valence-corrected chi connectivity index (χ1v) is 26.9. The Balaban J connectivity index is 0.000000210. The highest BCUT2D eigenvalue weighted by Gasteiger charge is 2.43. The molecule has 1 amide bonds. The van der Waals surface area contributed by atoms with E-state index >= 15 is 0 Å². The quantitative estimate of drug-likeness (QED) is 0.0631. The number of methoxy groups -OCH3 is 2. The van der Waals surface area contributed by atoms with Gasteiger partial charge in [-0.2, -0.15) is 0 Å². The Bertz CT molecular complexity index is 2100. The monoisotopic (exact) mass is 1040 g/mol. The smallest absolute Gasteiger partial charge is 0.316 e. The molecule has 3 saturated carbocycles. The van der Waals surface area contributed by atoms with Gasteiger partial charge in [-0.05, 0) is 117 Å². The van der Waals surface area contributed by atoms with E-state index in [1.165, 1.54) is 121 Å². The summed E-state index contributed by atoms with van der Waals surface area (Å²) in [5.41, 5.74) is 4.85. The fourth-order valence-electron chi connectivity index (χ4n) is 11.2. The maximum absolute atomic E-state index is 12.1. The van der Waals surface area contributed by atoms with E-state index in [2.05, 4.69) is 43.9 Å². The number of amides is 1. The average Bonchev–Trinajstić information content (AvgIpc) is 3.79. The Labute approximate surface area is 439 Å². The summed E-state index contributed by atoms with van der Waals surface area (Å²) in [6.45, 7) is 2.04. The zero-order valence-corrected chi connectivity index (χ0v) is 44.1. The minimum absolute atomic E-state index is 0. The van der Waals surface area contributed by atoms with Crippen molar-refractivity contribution < 1.29 is 19.1 Å². The Kier molecular flexibility index (Phi) is 25.9. The number of carbonyl (C=O) groups is 2. The number of nitrogens with zero attached hydrogens (tertiary/aromatic N) is 4. The van der Waals surface area contributed by atoms with E-state index < -0.39 is 10.8 Å². The lowest BCUT2D eigenvalue weighted by Gasteiger charge is -2.37. The van der Waals surface area contributed by atoms with E-state index in [0.717, 1.165) is 99.3 Å². The number of halogens is 3. The van der Waals surface area contributed by atoms with Gasteiger partial charge in [-0.1, -0.05) is 162 Å². The SMILES string of the molecule is C.COC(=O)C1(c2ccc(Cl)cc2)CCCCC1.COC1=NCCCCCC1.Clc1ccc(C2(c3nnc4n3CCCCCC4)CCCCC2)cc1.NN.NNC(=O)C1(c2ccc(Cl)cc2)CCCCC1. The molecule has 0 unspecified atom stereocenters. The minimum Gasteiger partial charge on any atom is -0.484 e. The number of aryl methyl sites for hydroxylation is 1. The molecule has 2 aliphatic heterocycles. The molecule has 3 aromatic carbocycles. The number of ether oxygens (including phenoxy) is 2. The highest BCUT2D eigenvalue weighted by Crippen LogP contribution is 2.45. The van der Waals surface area contributed by atoms with Crippen LogP contribution in [0.5, 0.6) is 0 Å². The molecule has 0 spiro atoms. The molecule has 3 heterocycles. The van der Waals surface area contributed by atoms with Crippen LogP contribution >= 0.6 is 34.8 Å². The normalized spacial score (nSPS) is 19.0. The number of fused-ring (bicyclic) bond motifs is 1. The third-order valence-corrected chi connectivity index (χ3v) is 15.8. The third kappa shape index (κ3) is 16.0. The minimum atomic E-state index is -0.461. The number of hydrazine groups is 2. The van der Waals surface area contributed by atoms with Crippen LogP contribution in [0.25, 0.3) is 0 Å². The summed E-state index contributed by atoms with van der Waals surface area (Å²) in [5.74, 6) is 16.5. The number of aromatic nitrogens is 3. The molecule has 5 aliphatic rings. The summed E-state index contributed by atoms with van der Waals surface area (Å²) >= 11 is 17.9. The lowest BCUT2D eigenvalue weighted by Crippen LogP contribution is -2.48. The Morgan fingerprint density at radius 2 is 1.00 bits per heavy atom. The molecule has 0 atom stereocenters. The molecule has 0 saturated heterocycles. The number of hydrogen-bond acceptors (Lipinski definition) is 10. The molecule has 0 radical (unpaired) electrons. The maximum Gasteiger partial charge on any atom is 0.316 e. The fraction of sp³-hybridized carbons (Fsp3) is 0.589. The van der Waals surface area contributed by atoms with Gasteiger partial charge in [0.25, 0.3) is 0 Å². The van der Waals surface area contributed by atoms with Crippen LogP contribution in [0.2, 0.25) is 15.1 Å². The van der Waals surface area contributed by atoms with Gasteiger partial charge in [-0.25, -0.2) is 5.84 Å². The number of esters is 1. The molecular formula is C56H83Cl3N8O4. The molecule has 71 heavy (non-hydrogen) atoms. The zero-order chi connectivity index (χ0) is 50.2. The Morgan fingerprint density at radius 1 is 0.563 bits per heavy atom. The summed E-state index contributed by atoms with van der Waals surface area (Å²) < 4.78 is 12.5. The summed E-state index contributed by atoms with van der Waals surface area (Å²) in [6, 6.07) is 23.6. The number of rotatable bonds is 6. The van der Waals surface area contributed by atoms with Gasteiger partial charge in [-0.3, -0.25) is 31.7 Å². The molecule has 15 heteroatoms. The second-order valence-electron chi connectivity index (χ2n) is 19.3. The van der Waals surface area contributed by atoms with Crippen LogP contribution in [0.15, 0.2) is 77.8 Å². The van der Waals surface area contributed by atoms with Crippen LogP contribution in [0.3, 0.4) is 0 Å². The Hall–Kier alpha value is -4.04. The van der Waals surface area contributed by atoms with Crippen LogP contribution in [-0.2, 0) is 48.3 Å². The fourth-order valence-corrected chi connectivity index (χ4v) is 11.6. The molecule has 9 rings (SSSR count). The summed E-state index contributed by atoms with van der Waals surface area (Å²) in [6.07, 6.45) is 28.8. The van der Waals surface area contributed by atoms with Gasteiger partial charge in [0.2, 0.25) is 5.91 Å². The van der Waals surface area contributed by atoms with E-state index in [0.29, 0.717) is 10.0 Å². The second kappa shape index (κ2) is 30.9. The van der Waals surface area contributed by atoms with Gasteiger partial charge in [-0.15, -0.1) is 10.2 Å². The number of nitrogens with one attached hydrogen (secondary N) is 1. The molecule has 4 aromatic rings. The predicted molar refractivity (Wildman–Crippen MR) is 292 cm³/mol. The standard InChI is InChI=1S/C20H26ClN3.C14H17ClO2.C13H17ClN2O.C8H15NO.CH4.H4N2/c21-17-11-9-16(10-12-17)20(13-5-3-6-14-20)19-23-22-18-8-4-1-2-7-15-24(18)19;1-17-13(16)14(9-3-2-4-10-14)11-5-7-12(15)8-6-11;14-11-6-4-10(5-7-11)13(12(17)16-15)8-2-1-3-9-13;1-10-8-6-4-2-3-5-7-9-8;;1-2/h9-12H,1-8,13-15H2;5-8H,2-4,9-10H2,1H3;4-7H,1-3,8-9,15H2,(H,16,17);2-7H2,1H3;1H4;1-2H2. The molecule has 3 fully saturated rings. The molecule has 3 aliphatic carbocycles. The van der Waals surface area contributed by atoms with E-state index in [4.69, 9.17) is 55.2 Å². The number of nitrogens with two attached hydrogens (primary N) is 3. The van der Waals surface area contributed by atoms with E-state index in [1.54, 1.807) is 7.11 Å². The molecule has 7 N–H and O–H groups in total. The van der Waals surface area contributed by atoms with Gasteiger partial charge in [0.15, 0.2) is 5.90 Å². The summed E-state index contributed by atoms with van der Waals surface area (Å²) in [4.78, 5) is 28.5. The van der Waals surface area contributed by atoms with Crippen molar-refractivity contribution in [2.75, 3.05) is 20.8 Å². The summed E-state index contributed by atoms with van der Waals surface area (Å²) in [7, 11) is 3.18. The summed E-state index contributed by atoms with van der Waals surface area (Å²) in [5, 5.41) is 11.6. The van der Waals surface area contributed by atoms with Gasteiger partial charge in [0.05, 0.1) is 30.5 Å². The van der Waals surface area contributed by atoms with Gasteiger partial charge >= 0.3 is 5.97 Å². The first-order chi connectivity index (χ1) is 34.1. The first kappa shape index (κ1) is 59.5. The van der Waals surface area contributed by atoms with Crippen LogP contribution in [-0.4, -0.2) is 53.3 Å². The van der Waals surface area contributed by atoms with Crippen molar-refractivity contribution in [3.63, 3.8) is 0 Å². The lowest BCUT2D eigenvalue weighted by molar-refractivity contribution is -0.149. The van der Waals surface area contributed by atoms with Crippen molar-refractivity contribution in [2.24, 2.45) is 22.5 Å². The van der Waals surface area contributed by atoms with Crippen LogP contribution in [0.4, 0.5) is 0 Å². The average molecular weight is 1040 g/mol. The van der Waals surface area contributed by atoms with Crippen molar-refractivity contribution in [2.45, 2.75) is 191 Å². The van der Waals surface area contributed by atoms with Gasteiger partial charge in [0.1, 0.15) is 11.6 Å². The van der Waals surface area contributed by atoms with E-state index in [-0.39, 0.29) is 24.7 Å². The molecule has 392 valence electrons. The van der Waals surface area contributed by atoms with Crippen molar-refractivity contribution in [1.82, 2.24) is 20.2 Å². The third-order valence-electron chi connectivity index (χ3n) is 15.1. The van der Waals surface area contributed by atoms with Crippen LogP contribution < -0.4 is 23.0 Å². The van der Waals surface area contributed by atoms with Crippen molar-refractivity contribution in [3.05, 3.63) is 116 Å². The second-order valence-corrected chi connectivity index (χ2v) is 20.6. The maximum atomic E-state index is 12.1. The van der Waals surface area contributed by atoms with E-state index in [1.807, 2.05) is 60.7 Å². The molecule has 1 aromatic heterocycles. The molecule has 12 nitrogen and oxygen atoms in total. The van der Waals surface area contributed by atoms with Crippen molar-refractivity contribution >= 4 is 52.6 Å². The number of carbonyl (C=O) groups excluding carboxylic acids is 2.